The van der Waals surface area contributed by atoms with Crippen molar-refractivity contribution < 1.29 is 0 Å². The summed E-state index contributed by atoms with van der Waals surface area (Å²) in [6.45, 7) is 0. The number of fused-ring (bicyclic) bond motifs is 1. The minimum absolute atomic E-state index is 0.495. The van der Waals surface area contributed by atoms with Crippen molar-refractivity contribution in [2.24, 2.45) is 4.99 Å². The van der Waals surface area contributed by atoms with E-state index in [0.29, 0.717) is 0 Å². The molecule has 0 unspecified atom stereocenters. The summed E-state index contributed by atoms with van der Waals surface area (Å²) in [6, 6.07) is 11.7. The number of hydrogen-bond donors (Lipinski definition) is 0. The molecule has 3 aromatic heterocycles. The first-order valence-electron chi connectivity index (χ1n) is 4.82. The van der Waals surface area contributed by atoms with Crippen LogP contribution in [0.4, 0.5) is 5.82 Å². The summed E-state index contributed by atoms with van der Waals surface area (Å²) in [6.07, 6.45) is 3.80. The summed E-state index contributed by atoms with van der Waals surface area (Å²) in [7, 11) is 0. The first-order valence-corrected chi connectivity index (χ1v) is 7.03. The molecule has 0 atom stereocenters. The van der Waals surface area contributed by atoms with Crippen molar-refractivity contribution in [3.63, 3.8) is 0 Å². The van der Waals surface area contributed by atoms with Crippen LogP contribution < -0.4 is 3.50 Å². The minimum atomic E-state index is -0.495. The van der Waals surface area contributed by atoms with Gasteiger partial charge in [0.25, 0.3) is 0 Å². The van der Waals surface area contributed by atoms with Crippen molar-refractivity contribution in [3.8, 4) is 0 Å². The van der Waals surface area contributed by atoms with E-state index >= 15 is 0 Å². The van der Waals surface area contributed by atoms with E-state index < -0.39 is 20.7 Å². The second-order valence-electron chi connectivity index (χ2n) is 3.17. The summed E-state index contributed by atoms with van der Waals surface area (Å²) in [5.74, 6) is 0.736. The Labute approximate surface area is 102 Å². The number of rotatable bonds is 1. The molecule has 78 valence electrons. The molecule has 0 aliphatic rings. The van der Waals surface area contributed by atoms with Crippen LogP contribution in [0.25, 0.3) is 5.65 Å². The standard InChI is InChI=1S/C11H8N4Te/c1-3-7-12-9(5-1)13-11-14-10-6-2-4-8-15(10)16-11/h1-8H/b13-11-. The SMILES string of the molecule is c1ccc(/N=c2/nc3ccccn3[te]2)nc1. The van der Waals surface area contributed by atoms with Crippen LogP contribution in [0.5, 0.6) is 0 Å². The zero-order chi connectivity index (χ0) is 10.8. The summed E-state index contributed by atoms with van der Waals surface area (Å²) in [5, 5.41) is 0. The van der Waals surface area contributed by atoms with Gasteiger partial charge in [-0.25, -0.2) is 0 Å². The van der Waals surface area contributed by atoms with Gasteiger partial charge in [0.1, 0.15) is 0 Å². The zero-order valence-corrected chi connectivity index (χ0v) is 10.6. The van der Waals surface area contributed by atoms with Crippen LogP contribution in [0.3, 0.4) is 0 Å². The molecule has 3 rings (SSSR count). The molecule has 0 radical (unpaired) electrons. The maximum atomic E-state index is 4.48. The van der Waals surface area contributed by atoms with Gasteiger partial charge in [-0.3, -0.25) is 0 Å². The molecule has 3 heterocycles. The molecule has 0 saturated heterocycles. The molecule has 16 heavy (non-hydrogen) atoms. The van der Waals surface area contributed by atoms with Crippen molar-refractivity contribution in [3.05, 3.63) is 52.3 Å². The second-order valence-corrected chi connectivity index (χ2v) is 5.86. The van der Waals surface area contributed by atoms with Gasteiger partial charge in [0.2, 0.25) is 0 Å². The Bertz CT molecular complexity index is 633. The van der Waals surface area contributed by atoms with Gasteiger partial charge in [-0.2, -0.15) is 0 Å². The van der Waals surface area contributed by atoms with Crippen LogP contribution in [0, 0.1) is 0 Å². The molecule has 0 amide bonds. The van der Waals surface area contributed by atoms with Crippen LogP contribution in [0.1, 0.15) is 0 Å². The Kier molecular flexibility index (Phi) is 2.56. The van der Waals surface area contributed by atoms with Crippen LogP contribution in [-0.4, -0.2) is 33.3 Å². The van der Waals surface area contributed by atoms with Crippen molar-refractivity contribution in [2.75, 3.05) is 0 Å². The normalized spacial score (nSPS) is 12.1. The van der Waals surface area contributed by atoms with Gasteiger partial charge < -0.3 is 0 Å². The topological polar surface area (TPSA) is 42.5 Å². The van der Waals surface area contributed by atoms with Gasteiger partial charge >= 0.3 is 102 Å². The van der Waals surface area contributed by atoms with E-state index in [4.69, 9.17) is 0 Å². The number of hydrogen-bond acceptors (Lipinski definition) is 3. The molecular weight excluding hydrogens is 316 g/mol. The average Bonchev–Trinajstić information content (AvgIpc) is 2.72. The van der Waals surface area contributed by atoms with Gasteiger partial charge in [-0.1, -0.05) is 0 Å². The second kappa shape index (κ2) is 4.20. The molecule has 0 saturated carbocycles. The Hall–Kier alpha value is -1.44. The third-order valence-corrected chi connectivity index (χ3v) is 4.48. The number of pyridine rings is 2. The number of aromatic nitrogens is 3. The van der Waals surface area contributed by atoms with Crippen molar-refractivity contribution in [1.29, 1.82) is 0 Å². The fraction of sp³-hybridized carbons (Fsp3) is 0. The van der Waals surface area contributed by atoms with Gasteiger partial charge in [-0.05, 0) is 0 Å². The molecule has 0 aromatic carbocycles. The van der Waals surface area contributed by atoms with E-state index in [0.717, 1.165) is 15.0 Å². The first-order chi connectivity index (χ1) is 7.92. The first kappa shape index (κ1) is 9.76. The summed E-state index contributed by atoms with van der Waals surface area (Å²) >= 11 is -0.495. The van der Waals surface area contributed by atoms with E-state index in [-0.39, 0.29) is 0 Å². The predicted octanol–water partition coefficient (Wildman–Crippen LogP) is 1.02. The van der Waals surface area contributed by atoms with Crippen LogP contribution in [0.15, 0.2) is 53.8 Å². The van der Waals surface area contributed by atoms with Crippen LogP contribution in [0.2, 0.25) is 0 Å². The van der Waals surface area contributed by atoms with E-state index in [9.17, 15) is 0 Å². The van der Waals surface area contributed by atoms with E-state index in [1.54, 1.807) is 6.20 Å². The number of nitrogens with zero attached hydrogens (tertiary/aromatic N) is 4. The monoisotopic (exact) mass is 326 g/mol. The third kappa shape index (κ3) is 1.92. The van der Waals surface area contributed by atoms with E-state index in [1.807, 2.05) is 36.4 Å². The molecule has 5 heteroatoms. The summed E-state index contributed by atoms with van der Waals surface area (Å²) < 4.78 is 3.11. The molecular formula is C11H8N4Te. The molecule has 0 bridgehead atoms. The molecule has 4 nitrogen and oxygen atoms in total. The molecule has 0 aliphatic carbocycles. The molecule has 0 fully saturated rings. The fourth-order valence-corrected chi connectivity index (χ4v) is 3.55. The Morgan fingerprint density at radius 3 is 2.88 bits per heavy atom. The van der Waals surface area contributed by atoms with Crippen molar-refractivity contribution in [2.45, 2.75) is 0 Å². The van der Waals surface area contributed by atoms with Gasteiger partial charge in [0.05, 0.1) is 0 Å². The average molecular weight is 324 g/mol. The van der Waals surface area contributed by atoms with Crippen molar-refractivity contribution >= 4 is 32.2 Å². The van der Waals surface area contributed by atoms with Crippen LogP contribution in [-0.2, 0) is 0 Å². The summed E-state index contributed by atoms with van der Waals surface area (Å²) in [5.41, 5.74) is 1.000. The molecule has 0 aliphatic heterocycles. The van der Waals surface area contributed by atoms with Gasteiger partial charge in [0.15, 0.2) is 0 Å². The van der Waals surface area contributed by atoms with Gasteiger partial charge in [0, 0.05) is 0 Å². The Morgan fingerprint density at radius 1 is 1.12 bits per heavy atom. The van der Waals surface area contributed by atoms with Crippen molar-refractivity contribution in [1.82, 2.24) is 12.6 Å². The van der Waals surface area contributed by atoms with Gasteiger partial charge in [-0.15, -0.1) is 0 Å². The third-order valence-electron chi connectivity index (χ3n) is 2.05. The quantitative estimate of drug-likeness (QED) is 0.628. The molecule has 0 spiro atoms. The Morgan fingerprint density at radius 2 is 2.06 bits per heavy atom. The molecule has 3 aromatic rings. The predicted molar refractivity (Wildman–Crippen MR) is 61.6 cm³/mol. The Balaban J connectivity index is 2.16. The summed E-state index contributed by atoms with van der Waals surface area (Å²) in [4.78, 5) is 13.1. The molecule has 0 N–H and O–H groups in total. The zero-order valence-electron chi connectivity index (χ0n) is 8.32. The van der Waals surface area contributed by atoms with E-state index in [1.165, 1.54) is 0 Å². The van der Waals surface area contributed by atoms with Crippen LogP contribution >= 0.6 is 0 Å². The maximum absolute atomic E-state index is 4.48. The van der Waals surface area contributed by atoms with E-state index in [2.05, 4.69) is 23.8 Å². The fourth-order valence-electron chi connectivity index (χ4n) is 1.35.